The van der Waals surface area contributed by atoms with Crippen molar-refractivity contribution in [1.82, 2.24) is 4.90 Å². The molecule has 0 saturated heterocycles. The van der Waals surface area contributed by atoms with Crippen molar-refractivity contribution in [2.75, 3.05) is 14.2 Å². The third-order valence-electron chi connectivity index (χ3n) is 6.52. The highest BCUT2D eigenvalue weighted by molar-refractivity contribution is 6.22. The summed E-state index contributed by atoms with van der Waals surface area (Å²) in [5.74, 6) is -5.57. The Morgan fingerprint density at radius 3 is 1.97 bits per heavy atom. The summed E-state index contributed by atoms with van der Waals surface area (Å²) in [5.41, 5.74) is 0.740. The molecule has 2 aromatic carbocycles. The molecule has 4 rings (SSSR count). The predicted octanol–water partition coefficient (Wildman–Crippen LogP) is 2.52. The van der Waals surface area contributed by atoms with Gasteiger partial charge in [0.25, 0.3) is 11.8 Å². The molecule has 0 aromatic heterocycles. The van der Waals surface area contributed by atoms with Gasteiger partial charge in [-0.25, -0.2) is 4.79 Å². The minimum absolute atomic E-state index is 0.185. The van der Waals surface area contributed by atoms with E-state index in [9.17, 15) is 24.0 Å². The molecule has 2 aromatic rings. The van der Waals surface area contributed by atoms with E-state index in [-0.39, 0.29) is 29.8 Å². The summed E-state index contributed by atoms with van der Waals surface area (Å²) in [7, 11) is 2.40. The van der Waals surface area contributed by atoms with Crippen molar-refractivity contribution >= 4 is 29.5 Å². The second kappa shape index (κ2) is 8.97. The maximum atomic E-state index is 13.6. The molecular weight excluding hydrogens is 426 g/mol. The number of fused-ring (bicyclic) bond motifs is 1. The number of hydrogen-bond donors (Lipinski definition) is 0. The van der Waals surface area contributed by atoms with E-state index in [1.54, 1.807) is 42.5 Å². The molecule has 2 aliphatic rings. The van der Waals surface area contributed by atoms with Crippen molar-refractivity contribution in [3.05, 3.63) is 71.3 Å². The lowest BCUT2D eigenvalue weighted by molar-refractivity contribution is -0.150. The van der Waals surface area contributed by atoms with Gasteiger partial charge in [-0.1, -0.05) is 42.5 Å². The molecule has 1 aliphatic heterocycles. The quantitative estimate of drug-likeness (QED) is 0.379. The van der Waals surface area contributed by atoms with Gasteiger partial charge in [-0.2, -0.15) is 0 Å². The lowest BCUT2D eigenvalue weighted by Crippen LogP contribution is -2.52. The highest BCUT2D eigenvalue weighted by Crippen LogP contribution is 2.44. The van der Waals surface area contributed by atoms with Crippen LogP contribution in [0.2, 0.25) is 0 Å². The number of ketones is 1. The molecule has 0 radical (unpaired) electrons. The van der Waals surface area contributed by atoms with E-state index >= 15 is 0 Å². The number of esters is 2. The second-order valence-corrected chi connectivity index (χ2v) is 8.12. The fraction of sp³-hybridized carbons (Fsp3) is 0.320. The van der Waals surface area contributed by atoms with Crippen LogP contribution in [0.5, 0.6) is 0 Å². The SMILES string of the molecule is COC(=O)[C@H]1CC[C@@H]([C@@H](C(=O)OC)N2C(=O)c3ccccc3C2=O)[C@@H]1C(=O)c1ccccc1. The third kappa shape index (κ3) is 3.71. The van der Waals surface area contributed by atoms with Crippen LogP contribution < -0.4 is 0 Å². The van der Waals surface area contributed by atoms with Crippen molar-refractivity contribution < 1.29 is 33.4 Å². The summed E-state index contributed by atoms with van der Waals surface area (Å²) in [4.78, 5) is 66.3. The van der Waals surface area contributed by atoms with Crippen LogP contribution in [0.15, 0.2) is 54.6 Å². The molecule has 1 fully saturated rings. The Balaban J connectivity index is 1.79. The van der Waals surface area contributed by atoms with Crippen molar-refractivity contribution in [2.24, 2.45) is 17.8 Å². The molecule has 8 nitrogen and oxygen atoms in total. The third-order valence-corrected chi connectivity index (χ3v) is 6.52. The Hall–Kier alpha value is -3.81. The van der Waals surface area contributed by atoms with Gasteiger partial charge in [0.05, 0.1) is 31.3 Å². The van der Waals surface area contributed by atoms with Crippen LogP contribution in [-0.4, -0.2) is 54.7 Å². The maximum Gasteiger partial charge on any atom is 0.329 e. The zero-order valence-electron chi connectivity index (χ0n) is 18.2. The molecule has 170 valence electrons. The number of ether oxygens (including phenoxy) is 2. The Morgan fingerprint density at radius 2 is 1.42 bits per heavy atom. The average molecular weight is 449 g/mol. The lowest BCUT2D eigenvalue weighted by atomic mass is 9.79. The molecule has 0 unspecified atom stereocenters. The molecule has 0 bridgehead atoms. The largest absolute Gasteiger partial charge is 0.469 e. The van der Waals surface area contributed by atoms with Crippen molar-refractivity contribution in [2.45, 2.75) is 18.9 Å². The summed E-state index contributed by atoms with van der Waals surface area (Å²) in [6, 6.07) is 13.4. The minimum Gasteiger partial charge on any atom is -0.469 e. The van der Waals surface area contributed by atoms with Crippen LogP contribution in [0.4, 0.5) is 0 Å². The number of benzene rings is 2. The van der Waals surface area contributed by atoms with E-state index < -0.39 is 47.5 Å². The number of nitrogens with zero attached hydrogens (tertiary/aromatic N) is 1. The Kier molecular flexibility index (Phi) is 6.09. The van der Waals surface area contributed by atoms with Crippen molar-refractivity contribution in [3.8, 4) is 0 Å². The van der Waals surface area contributed by atoms with Gasteiger partial charge in [-0.05, 0) is 25.0 Å². The summed E-state index contributed by atoms with van der Waals surface area (Å²) in [5, 5.41) is 0. The fourth-order valence-corrected chi connectivity index (χ4v) is 5.02. The fourth-order valence-electron chi connectivity index (χ4n) is 5.02. The molecule has 1 heterocycles. The summed E-state index contributed by atoms with van der Waals surface area (Å²) < 4.78 is 9.90. The molecule has 0 spiro atoms. The van der Waals surface area contributed by atoms with Gasteiger partial charge >= 0.3 is 11.9 Å². The van der Waals surface area contributed by atoms with E-state index in [4.69, 9.17) is 9.47 Å². The van der Waals surface area contributed by atoms with E-state index in [0.29, 0.717) is 5.56 Å². The van der Waals surface area contributed by atoms with Gasteiger partial charge in [-0.15, -0.1) is 0 Å². The predicted molar refractivity (Wildman–Crippen MR) is 115 cm³/mol. The van der Waals surface area contributed by atoms with Crippen LogP contribution in [0.25, 0.3) is 0 Å². The summed E-state index contributed by atoms with van der Waals surface area (Å²) >= 11 is 0. The zero-order valence-corrected chi connectivity index (χ0v) is 18.2. The van der Waals surface area contributed by atoms with E-state index in [1.165, 1.54) is 19.2 Å². The first-order valence-corrected chi connectivity index (χ1v) is 10.6. The summed E-state index contributed by atoms with van der Waals surface area (Å²) in [6.07, 6.45) is 0.535. The van der Waals surface area contributed by atoms with Crippen LogP contribution >= 0.6 is 0 Å². The Labute approximate surface area is 190 Å². The van der Waals surface area contributed by atoms with E-state index in [0.717, 1.165) is 12.0 Å². The number of methoxy groups -OCH3 is 2. The molecule has 1 aliphatic carbocycles. The smallest absolute Gasteiger partial charge is 0.329 e. The Bertz CT molecular complexity index is 1090. The average Bonchev–Trinajstić information content (AvgIpc) is 3.39. The van der Waals surface area contributed by atoms with Crippen LogP contribution in [0.3, 0.4) is 0 Å². The number of Topliss-reactive ketones (excluding diaryl/α,β-unsaturated/α-hetero) is 1. The molecule has 4 atom stereocenters. The topological polar surface area (TPSA) is 107 Å². The van der Waals surface area contributed by atoms with Crippen molar-refractivity contribution in [1.29, 1.82) is 0 Å². The van der Waals surface area contributed by atoms with E-state index in [1.807, 2.05) is 0 Å². The van der Waals surface area contributed by atoms with Crippen LogP contribution in [0.1, 0.15) is 43.9 Å². The number of carbonyl (C=O) groups excluding carboxylic acids is 5. The van der Waals surface area contributed by atoms with Gasteiger partial charge in [-0.3, -0.25) is 24.1 Å². The lowest BCUT2D eigenvalue weighted by Gasteiger charge is -2.32. The normalized spacial score (nSPS) is 22.6. The molecule has 8 heteroatoms. The number of amides is 2. The first kappa shape index (κ1) is 22.4. The van der Waals surface area contributed by atoms with Crippen molar-refractivity contribution in [3.63, 3.8) is 0 Å². The first-order valence-electron chi connectivity index (χ1n) is 10.6. The zero-order chi connectivity index (χ0) is 23.7. The van der Waals surface area contributed by atoms with Crippen LogP contribution in [0, 0.1) is 17.8 Å². The Morgan fingerprint density at radius 1 is 0.848 bits per heavy atom. The number of rotatable bonds is 6. The number of carbonyl (C=O) groups is 5. The van der Waals surface area contributed by atoms with Gasteiger partial charge in [0.1, 0.15) is 6.04 Å². The van der Waals surface area contributed by atoms with Gasteiger partial charge < -0.3 is 9.47 Å². The first-order chi connectivity index (χ1) is 15.9. The van der Waals surface area contributed by atoms with E-state index in [2.05, 4.69) is 0 Å². The highest BCUT2D eigenvalue weighted by Gasteiger charge is 2.55. The van der Waals surface area contributed by atoms with Crippen LogP contribution in [-0.2, 0) is 19.1 Å². The highest BCUT2D eigenvalue weighted by atomic mass is 16.5. The number of hydrogen-bond acceptors (Lipinski definition) is 7. The number of imide groups is 1. The maximum absolute atomic E-state index is 13.6. The molecular formula is C25H23NO7. The molecule has 33 heavy (non-hydrogen) atoms. The molecule has 1 saturated carbocycles. The van der Waals surface area contributed by atoms with Gasteiger partial charge in [0.15, 0.2) is 5.78 Å². The molecule has 0 N–H and O–H groups in total. The molecule has 2 amide bonds. The summed E-state index contributed by atoms with van der Waals surface area (Å²) in [6.45, 7) is 0. The monoisotopic (exact) mass is 449 g/mol. The van der Waals surface area contributed by atoms with Gasteiger partial charge in [0.2, 0.25) is 0 Å². The van der Waals surface area contributed by atoms with Gasteiger partial charge in [0, 0.05) is 17.4 Å². The minimum atomic E-state index is -1.35. The second-order valence-electron chi connectivity index (χ2n) is 8.12. The standard InChI is InChI=1S/C25H23NO7/c1-32-24(30)18-13-12-17(19(18)21(27)14-8-4-3-5-9-14)20(25(31)33-2)26-22(28)15-10-6-7-11-16(15)23(26)29/h3-11,17-20H,12-13H2,1-2H3/t17-,18+,19+,20+/m1/s1.